The van der Waals surface area contributed by atoms with Gasteiger partial charge >= 0.3 is 0 Å². The first-order chi connectivity index (χ1) is 9.12. The quantitative estimate of drug-likeness (QED) is 0.606. The molecule has 0 unspecified atom stereocenters. The molecule has 0 fully saturated rings. The van der Waals surface area contributed by atoms with Crippen LogP contribution in [-0.2, 0) is 0 Å². The lowest BCUT2D eigenvalue weighted by Crippen LogP contribution is -2.50. The van der Waals surface area contributed by atoms with Crippen LogP contribution < -0.4 is 10.2 Å². The Balaban J connectivity index is 3.27. The van der Waals surface area contributed by atoms with E-state index in [1.165, 1.54) is 12.1 Å². The van der Waals surface area contributed by atoms with E-state index in [1.807, 2.05) is 0 Å². The topological polar surface area (TPSA) is 35.2 Å². The van der Waals surface area contributed by atoms with Crippen molar-refractivity contribution >= 4 is 14.0 Å². The van der Waals surface area contributed by atoms with Gasteiger partial charge in [-0.05, 0) is 16.6 Å². The molecule has 0 atom stereocenters. The molecule has 20 heavy (non-hydrogen) atoms. The van der Waals surface area contributed by atoms with Gasteiger partial charge in [-0.25, -0.2) is 8.78 Å². The molecule has 0 aliphatic heterocycles. The van der Waals surface area contributed by atoms with Crippen molar-refractivity contribution in [1.82, 2.24) is 0 Å². The normalized spacial score (nSPS) is 12.6. The van der Waals surface area contributed by atoms with E-state index in [1.54, 1.807) is 0 Å². The maximum Gasteiger partial charge on any atom is 0.258 e. The molecular weight excluding hydrogens is 276 g/mol. The van der Waals surface area contributed by atoms with Crippen LogP contribution in [0.1, 0.15) is 41.5 Å². The van der Waals surface area contributed by atoms with E-state index in [4.69, 9.17) is 10.2 Å². The molecule has 114 valence electrons. The fourth-order valence-corrected chi connectivity index (χ4v) is 8.41. The van der Waals surface area contributed by atoms with Crippen molar-refractivity contribution in [1.29, 1.82) is 0 Å². The first-order valence-electron chi connectivity index (χ1n) is 7.06. The second-order valence-corrected chi connectivity index (χ2v) is 11.6. The van der Waals surface area contributed by atoms with Crippen LogP contribution in [0.3, 0.4) is 0 Å². The van der Waals surface area contributed by atoms with Crippen LogP contribution in [0.25, 0.3) is 0 Å². The summed E-state index contributed by atoms with van der Waals surface area (Å²) in [7, 11) is -2.21. The van der Waals surface area contributed by atoms with Crippen LogP contribution >= 0.6 is 0 Å². The lowest BCUT2D eigenvalue weighted by molar-refractivity contribution is 0.469. The van der Waals surface area contributed by atoms with E-state index < -0.39 is 25.6 Å². The number of nitrogen functional groups attached to an aromatic ring is 1. The molecule has 1 rings (SSSR count). The average Bonchev–Trinajstić information content (AvgIpc) is 2.31. The highest BCUT2D eigenvalue weighted by molar-refractivity contribution is 6.78. The summed E-state index contributed by atoms with van der Waals surface area (Å²) >= 11 is 0. The summed E-state index contributed by atoms with van der Waals surface area (Å²) in [5, 5.41) is 0. The Morgan fingerprint density at radius 2 is 1.25 bits per heavy atom. The smallest absolute Gasteiger partial charge is 0.258 e. The Hall–Kier alpha value is -1.10. The van der Waals surface area contributed by atoms with Gasteiger partial charge < -0.3 is 10.2 Å². The second kappa shape index (κ2) is 6.12. The minimum Gasteiger partial charge on any atom is -0.543 e. The predicted molar refractivity (Wildman–Crippen MR) is 82.4 cm³/mol. The lowest BCUT2D eigenvalue weighted by Gasteiger charge is -2.42. The van der Waals surface area contributed by atoms with E-state index in [-0.39, 0.29) is 5.75 Å². The van der Waals surface area contributed by atoms with Crippen molar-refractivity contribution in [3.05, 3.63) is 23.8 Å². The molecule has 5 heteroatoms. The highest BCUT2D eigenvalue weighted by Gasteiger charge is 2.47. The third kappa shape index (κ3) is 2.97. The summed E-state index contributed by atoms with van der Waals surface area (Å²) in [6.07, 6.45) is 0. The Bertz CT molecular complexity index is 430. The molecule has 1 aromatic carbocycles. The van der Waals surface area contributed by atoms with Crippen molar-refractivity contribution in [2.24, 2.45) is 0 Å². The largest absolute Gasteiger partial charge is 0.543 e. The SMILES string of the molecule is CC(C)[Si](Oc1cc(F)c(N)c(F)c1)(C(C)C)C(C)C. The van der Waals surface area contributed by atoms with Gasteiger partial charge in [0.1, 0.15) is 11.4 Å². The summed E-state index contributed by atoms with van der Waals surface area (Å²) in [5.41, 5.74) is 5.86. The van der Waals surface area contributed by atoms with E-state index in [0.29, 0.717) is 16.6 Å². The van der Waals surface area contributed by atoms with Crippen molar-refractivity contribution in [3.63, 3.8) is 0 Å². The first kappa shape index (κ1) is 16.9. The van der Waals surface area contributed by atoms with E-state index in [9.17, 15) is 8.78 Å². The minimum atomic E-state index is -2.21. The van der Waals surface area contributed by atoms with Gasteiger partial charge in [0.15, 0.2) is 11.6 Å². The zero-order valence-electron chi connectivity index (χ0n) is 13.1. The van der Waals surface area contributed by atoms with Crippen molar-refractivity contribution in [2.75, 3.05) is 5.73 Å². The Morgan fingerprint density at radius 1 is 0.900 bits per heavy atom. The number of rotatable bonds is 5. The third-order valence-electron chi connectivity index (χ3n) is 4.05. The Labute approximate surface area is 121 Å². The van der Waals surface area contributed by atoms with Crippen LogP contribution in [0.2, 0.25) is 16.6 Å². The Kier molecular flexibility index (Phi) is 5.19. The lowest BCUT2D eigenvalue weighted by atomic mass is 10.3. The highest BCUT2D eigenvalue weighted by Crippen LogP contribution is 2.43. The van der Waals surface area contributed by atoms with Gasteiger partial charge in [0.25, 0.3) is 8.32 Å². The molecule has 0 aliphatic rings. The van der Waals surface area contributed by atoms with Crippen LogP contribution in [0.5, 0.6) is 5.75 Å². The number of halogens is 2. The van der Waals surface area contributed by atoms with E-state index in [0.717, 1.165) is 0 Å². The Morgan fingerprint density at radius 3 is 1.55 bits per heavy atom. The molecule has 0 saturated heterocycles. The summed E-state index contributed by atoms with van der Waals surface area (Å²) in [6, 6.07) is 2.38. The van der Waals surface area contributed by atoms with Gasteiger partial charge in [0, 0.05) is 12.1 Å². The molecular formula is C15H25F2NOSi. The van der Waals surface area contributed by atoms with Gasteiger partial charge in [-0.3, -0.25) is 0 Å². The fraction of sp³-hybridized carbons (Fsp3) is 0.600. The number of hydrogen-bond acceptors (Lipinski definition) is 2. The van der Waals surface area contributed by atoms with Gasteiger partial charge in [0.05, 0.1) is 0 Å². The van der Waals surface area contributed by atoms with Crippen LogP contribution in [0, 0.1) is 11.6 Å². The maximum atomic E-state index is 13.6. The number of anilines is 1. The van der Waals surface area contributed by atoms with Gasteiger partial charge in [-0.15, -0.1) is 0 Å². The van der Waals surface area contributed by atoms with Crippen molar-refractivity contribution in [2.45, 2.75) is 58.2 Å². The van der Waals surface area contributed by atoms with Gasteiger partial charge in [-0.1, -0.05) is 41.5 Å². The van der Waals surface area contributed by atoms with Crippen LogP contribution in [0.4, 0.5) is 14.5 Å². The van der Waals surface area contributed by atoms with Crippen molar-refractivity contribution < 1.29 is 13.2 Å². The van der Waals surface area contributed by atoms with Crippen molar-refractivity contribution in [3.8, 4) is 5.75 Å². The summed E-state index contributed by atoms with van der Waals surface area (Å²) in [4.78, 5) is 0. The zero-order valence-corrected chi connectivity index (χ0v) is 14.1. The maximum absolute atomic E-state index is 13.6. The summed E-state index contributed by atoms with van der Waals surface area (Å²) in [6.45, 7) is 12.7. The number of benzene rings is 1. The third-order valence-corrected chi connectivity index (χ3v) is 10.1. The molecule has 0 heterocycles. The van der Waals surface area contributed by atoms with Crippen LogP contribution in [0.15, 0.2) is 12.1 Å². The van der Waals surface area contributed by atoms with Gasteiger partial charge in [-0.2, -0.15) is 0 Å². The van der Waals surface area contributed by atoms with E-state index >= 15 is 0 Å². The molecule has 0 spiro atoms. The highest BCUT2D eigenvalue weighted by atomic mass is 28.4. The molecule has 0 saturated carbocycles. The van der Waals surface area contributed by atoms with Gasteiger partial charge in [0.2, 0.25) is 0 Å². The fourth-order valence-electron chi connectivity index (χ4n) is 3.18. The predicted octanol–water partition coefficient (Wildman–Crippen LogP) is 5.10. The molecule has 2 nitrogen and oxygen atoms in total. The number of nitrogens with two attached hydrogens (primary N) is 1. The monoisotopic (exact) mass is 301 g/mol. The molecule has 0 aromatic heterocycles. The molecule has 2 N–H and O–H groups in total. The first-order valence-corrected chi connectivity index (χ1v) is 9.20. The summed E-state index contributed by atoms with van der Waals surface area (Å²) in [5.74, 6) is -1.28. The molecule has 0 aliphatic carbocycles. The van der Waals surface area contributed by atoms with E-state index in [2.05, 4.69) is 41.5 Å². The molecule has 0 amide bonds. The second-order valence-electron chi connectivity index (χ2n) is 6.22. The minimum absolute atomic E-state index is 0.247. The zero-order chi connectivity index (χ0) is 15.7. The summed E-state index contributed by atoms with van der Waals surface area (Å²) < 4.78 is 33.4. The number of hydrogen-bond donors (Lipinski definition) is 1. The molecule has 0 bridgehead atoms. The standard InChI is InChI=1S/C15H25F2NOSi/c1-9(2)20(10(3)4,11(5)6)19-12-7-13(16)15(18)14(17)8-12/h7-11H,18H2,1-6H3. The molecule has 1 aromatic rings. The van der Waals surface area contributed by atoms with Crippen LogP contribution in [-0.4, -0.2) is 8.32 Å². The average molecular weight is 301 g/mol. The molecule has 0 radical (unpaired) electrons.